The molecule has 1 unspecified atom stereocenters. The number of hydrogen-bond donors (Lipinski definition) is 2. The number of aromatic nitrogens is 1. The first-order valence-corrected chi connectivity index (χ1v) is 9.42. The number of carbonyl (C=O) groups excluding carboxylic acids is 1. The van der Waals surface area contributed by atoms with Gasteiger partial charge in [0.1, 0.15) is 11.5 Å². The maximum absolute atomic E-state index is 12.3. The molecule has 2 heterocycles. The van der Waals surface area contributed by atoms with Gasteiger partial charge in [-0.05, 0) is 30.0 Å². The fraction of sp³-hybridized carbons (Fsp3) is 0.429. The van der Waals surface area contributed by atoms with E-state index in [4.69, 9.17) is 0 Å². The summed E-state index contributed by atoms with van der Waals surface area (Å²) in [6.07, 6.45) is 0.974. The monoisotopic (exact) mass is 352 g/mol. The number of nitrogens with one attached hydrogen (secondary N) is 2. The van der Waals surface area contributed by atoms with Gasteiger partial charge in [-0.2, -0.15) is 0 Å². The Morgan fingerprint density at radius 1 is 1.23 bits per heavy atom. The molecular weight excluding hydrogens is 324 g/mol. The van der Waals surface area contributed by atoms with E-state index in [2.05, 4.69) is 58.6 Å². The minimum absolute atomic E-state index is 0.0951. The standard InChI is InChI=1S/C21H28N4O/c1-16(2)11-12-23-21(26)18-9-6-10-20(24-18)25-14-13-22-19(15-25)17-7-4-3-5-8-17/h3-10,16,19,22H,11-15H2,1-2H3,(H,23,26). The van der Waals surface area contributed by atoms with E-state index in [1.165, 1.54) is 5.56 Å². The summed E-state index contributed by atoms with van der Waals surface area (Å²) in [6.45, 7) is 7.61. The highest BCUT2D eigenvalue weighted by molar-refractivity contribution is 5.92. The number of rotatable bonds is 6. The Hall–Kier alpha value is -2.40. The van der Waals surface area contributed by atoms with Gasteiger partial charge in [0.05, 0.1) is 0 Å². The average Bonchev–Trinajstić information content (AvgIpc) is 2.68. The summed E-state index contributed by atoms with van der Waals surface area (Å²) in [6, 6.07) is 16.4. The van der Waals surface area contributed by atoms with Crippen LogP contribution in [0, 0.1) is 5.92 Å². The minimum atomic E-state index is -0.0951. The van der Waals surface area contributed by atoms with Crippen LogP contribution < -0.4 is 15.5 Å². The topological polar surface area (TPSA) is 57.3 Å². The van der Waals surface area contributed by atoms with Crippen molar-refractivity contribution in [2.45, 2.75) is 26.3 Å². The van der Waals surface area contributed by atoms with Crippen LogP contribution in [0.25, 0.3) is 0 Å². The molecule has 1 aromatic heterocycles. The summed E-state index contributed by atoms with van der Waals surface area (Å²) >= 11 is 0. The van der Waals surface area contributed by atoms with E-state index in [1.807, 2.05) is 18.2 Å². The van der Waals surface area contributed by atoms with E-state index in [0.717, 1.165) is 31.9 Å². The zero-order chi connectivity index (χ0) is 18.4. The normalized spacial score (nSPS) is 17.3. The van der Waals surface area contributed by atoms with Crippen molar-refractivity contribution in [2.24, 2.45) is 5.92 Å². The number of amides is 1. The smallest absolute Gasteiger partial charge is 0.269 e. The molecule has 1 aromatic carbocycles. The Balaban J connectivity index is 1.66. The van der Waals surface area contributed by atoms with E-state index in [9.17, 15) is 4.79 Å². The van der Waals surface area contributed by atoms with E-state index in [-0.39, 0.29) is 11.9 Å². The lowest BCUT2D eigenvalue weighted by molar-refractivity contribution is 0.0947. The predicted molar refractivity (Wildman–Crippen MR) is 105 cm³/mol. The summed E-state index contributed by atoms with van der Waals surface area (Å²) in [4.78, 5) is 19.2. The van der Waals surface area contributed by atoms with Crippen molar-refractivity contribution in [3.05, 3.63) is 59.8 Å². The summed E-state index contributed by atoms with van der Waals surface area (Å²) in [5.74, 6) is 1.34. The highest BCUT2D eigenvalue weighted by Gasteiger charge is 2.22. The number of pyridine rings is 1. The van der Waals surface area contributed by atoms with Gasteiger partial charge < -0.3 is 15.5 Å². The van der Waals surface area contributed by atoms with Gasteiger partial charge in [0.2, 0.25) is 0 Å². The largest absolute Gasteiger partial charge is 0.353 e. The molecular formula is C21H28N4O. The molecule has 5 heteroatoms. The van der Waals surface area contributed by atoms with Gasteiger partial charge in [0, 0.05) is 32.2 Å². The molecule has 1 fully saturated rings. The van der Waals surface area contributed by atoms with Crippen molar-refractivity contribution in [3.63, 3.8) is 0 Å². The predicted octanol–water partition coefficient (Wildman–Crippen LogP) is 3.01. The van der Waals surface area contributed by atoms with Gasteiger partial charge >= 0.3 is 0 Å². The van der Waals surface area contributed by atoms with Gasteiger partial charge in [-0.3, -0.25) is 4.79 Å². The van der Waals surface area contributed by atoms with Crippen LogP contribution in [0.15, 0.2) is 48.5 Å². The highest BCUT2D eigenvalue weighted by atomic mass is 16.1. The van der Waals surface area contributed by atoms with Crippen molar-refractivity contribution in [3.8, 4) is 0 Å². The molecule has 1 atom stereocenters. The number of nitrogens with zero attached hydrogens (tertiary/aromatic N) is 2. The second-order valence-electron chi connectivity index (χ2n) is 7.18. The highest BCUT2D eigenvalue weighted by Crippen LogP contribution is 2.21. The van der Waals surface area contributed by atoms with E-state index in [1.54, 1.807) is 6.07 Å². The Morgan fingerprint density at radius 3 is 2.81 bits per heavy atom. The third-order valence-corrected chi connectivity index (χ3v) is 4.68. The maximum Gasteiger partial charge on any atom is 0.269 e. The fourth-order valence-electron chi connectivity index (χ4n) is 3.16. The maximum atomic E-state index is 12.3. The molecule has 0 aliphatic carbocycles. The summed E-state index contributed by atoms with van der Waals surface area (Å²) in [5, 5.41) is 6.52. The molecule has 0 bridgehead atoms. The minimum Gasteiger partial charge on any atom is -0.353 e. The number of anilines is 1. The van der Waals surface area contributed by atoms with Crippen LogP contribution >= 0.6 is 0 Å². The van der Waals surface area contributed by atoms with Gasteiger partial charge in [-0.25, -0.2) is 4.98 Å². The van der Waals surface area contributed by atoms with Crippen LogP contribution in [-0.4, -0.2) is 37.1 Å². The van der Waals surface area contributed by atoms with Gasteiger partial charge in [-0.15, -0.1) is 0 Å². The van der Waals surface area contributed by atoms with E-state index < -0.39 is 0 Å². The fourth-order valence-corrected chi connectivity index (χ4v) is 3.16. The molecule has 138 valence electrons. The van der Waals surface area contributed by atoms with Crippen LogP contribution in [0.3, 0.4) is 0 Å². The molecule has 0 spiro atoms. The van der Waals surface area contributed by atoms with Crippen molar-refractivity contribution in [1.29, 1.82) is 0 Å². The van der Waals surface area contributed by atoms with E-state index >= 15 is 0 Å². The first-order chi connectivity index (χ1) is 12.6. The van der Waals surface area contributed by atoms with Crippen LogP contribution in [0.1, 0.15) is 42.4 Å². The Morgan fingerprint density at radius 2 is 2.04 bits per heavy atom. The first-order valence-electron chi connectivity index (χ1n) is 9.42. The quantitative estimate of drug-likeness (QED) is 0.839. The Labute approximate surface area is 155 Å². The third-order valence-electron chi connectivity index (χ3n) is 4.68. The lowest BCUT2D eigenvalue weighted by Crippen LogP contribution is -2.46. The number of hydrogen-bond acceptors (Lipinski definition) is 4. The average molecular weight is 352 g/mol. The van der Waals surface area contributed by atoms with Crippen LogP contribution in [0.5, 0.6) is 0 Å². The zero-order valence-electron chi connectivity index (χ0n) is 15.6. The number of carbonyl (C=O) groups is 1. The van der Waals surface area contributed by atoms with Crippen LogP contribution in [0.4, 0.5) is 5.82 Å². The molecule has 1 amide bonds. The molecule has 0 saturated carbocycles. The van der Waals surface area contributed by atoms with Crippen molar-refractivity contribution < 1.29 is 4.79 Å². The molecule has 5 nitrogen and oxygen atoms in total. The Kier molecular flexibility index (Phi) is 6.23. The third kappa shape index (κ3) is 4.82. The molecule has 2 aromatic rings. The SMILES string of the molecule is CC(C)CCNC(=O)c1cccc(N2CCNC(c3ccccc3)C2)n1. The van der Waals surface area contributed by atoms with Crippen molar-refractivity contribution >= 4 is 11.7 Å². The molecule has 2 N–H and O–H groups in total. The van der Waals surface area contributed by atoms with Gasteiger partial charge in [0.25, 0.3) is 5.91 Å². The number of benzene rings is 1. The molecule has 3 rings (SSSR count). The Bertz CT molecular complexity index is 717. The second kappa shape index (κ2) is 8.81. The van der Waals surface area contributed by atoms with Gasteiger partial charge in [-0.1, -0.05) is 50.2 Å². The molecule has 1 saturated heterocycles. The molecule has 26 heavy (non-hydrogen) atoms. The van der Waals surface area contributed by atoms with Crippen LogP contribution in [-0.2, 0) is 0 Å². The lowest BCUT2D eigenvalue weighted by atomic mass is 10.0. The number of piperazine rings is 1. The second-order valence-corrected chi connectivity index (χ2v) is 7.18. The van der Waals surface area contributed by atoms with Gasteiger partial charge in [0.15, 0.2) is 0 Å². The zero-order valence-corrected chi connectivity index (χ0v) is 15.6. The molecule has 0 radical (unpaired) electrons. The summed E-state index contributed by atoms with van der Waals surface area (Å²) < 4.78 is 0. The van der Waals surface area contributed by atoms with Crippen LogP contribution in [0.2, 0.25) is 0 Å². The molecule has 1 aliphatic rings. The van der Waals surface area contributed by atoms with Crippen molar-refractivity contribution in [1.82, 2.24) is 15.6 Å². The summed E-state index contributed by atoms with van der Waals surface area (Å²) in [5.41, 5.74) is 1.76. The molecule has 1 aliphatic heterocycles. The van der Waals surface area contributed by atoms with Crippen molar-refractivity contribution in [2.75, 3.05) is 31.1 Å². The summed E-state index contributed by atoms with van der Waals surface area (Å²) in [7, 11) is 0. The first kappa shape index (κ1) is 18.4. The van der Waals surface area contributed by atoms with E-state index in [0.29, 0.717) is 18.2 Å². The lowest BCUT2D eigenvalue weighted by Gasteiger charge is -2.35.